The number of benzene rings is 3. The van der Waals surface area contributed by atoms with Gasteiger partial charge in [0.05, 0.1) is 11.8 Å². The normalized spacial score (nSPS) is 15.7. The lowest BCUT2D eigenvalue weighted by Gasteiger charge is -2.30. The van der Waals surface area contributed by atoms with Crippen LogP contribution in [0.4, 0.5) is 11.4 Å². The molecule has 0 amide bonds. The number of aliphatic hydroxyl groups excluding tert-OH is 1. The van der Waals surface area contributed by atoms with Crippen LogP contribution in [0.15, 0.2) is 71.7 Å². The van der Waals surface area contributed by atoms with Crippen LogP contribution >= 0.6 is 0 Å². The molecule has 0 bridgehead atoms. The molecular weight excluding hydrogens is 430 g/mol. The zero-order valence-electron chi connectivity index (χ0n) is 21.4. The zero-order valence-corrected chi connectivity index (χ0v) is 21.4. The lowest BCUT2D eigenvalue weighted by molar-refractivity contribution is 0.114. The van der Waals surface area contributed by atoms with E-state index < -0.39 is 6.10 Å². The van der Waals surface area contributed by atoms with E-state index >= 15 is 0 Å². The molecule has 184 valence electrons. The second kappa shape index (κ2) is 12.1. The summed E-state index contributed by atoms with van der Waals surface area (Å²) in [6.45, 7) is 9.73. The van der Waals surface area contributed by atoms with Gasteiger partial charge >= 0.3 is 0 Å². The van der Waals surface area contributed by atoms with Crippen LogP contribution in [0.5, 0.6) is 0 Å². The van der Waals surface area contributed by atoms with Gasteiger partial charge in [-0.15, -0.1) is 0 Å². The highest BCUT2D eigenvalue weighted by Crippen LogP contribution is 2.28. The number of hydrogen-bond donors (Lipinski definition) is 2. The van der Waals surface area contributed by atoms with Crippen LogP contribution < -0.4 is 5.32 Å². The molecule has 2 unspecified atom stereocenters. The van der Waals surface area contributed by atoms with E-state index in [0.29, 0.717) is 19.0 Å². The molecular formula is C31H39N3O. The van der Waals surface area contributed by atoms with Crippen molar-refractivity contribution in [1.29, 1.82) is 0 Å². The van der Waals surface area contributed by atoms with Crippen molar-refractivity contribution in [3.05, 3.63) is 83.4 Å². The molecule has 3 aromatic carbocycles. The molecule has 1 aliphatic rings. The third-order valence-corrected chi connectivity index (χ3v) is 7.05. The largest absolute Gasteiger partial charge is 0.390 e. The lowest BCUT2D eigenvalue weighted by Crippen LogP contribution is -2.39. The number of aliphatic hydroxyl groups is 1. The van der Waals surface area contributed by atoms with E-state index in [1.807, 2.05) is 0 Å². The third-order valence-electron chi connectivity index (χ3n) is 7.05. The summed E-state index contributed by atoms with van der Waals surface area (Å²) in [6.07, 6.45) is 4.88. The highest BCUT2D eigenvalue weighted by atomic mass is 16.3. The van der Waals surface area contributed by atoms with Crippen molar-refractivity contribution in [2.75, 3.05) is 25.0 Å². The van der Waals surface area contributed by atoms with Crippen LogP contribution in [-0.4, -0.2) is 42.0 Å². The highest BCUT2D eigenvalue weighted by Gasteiger charge is 2.18. The molecule has 4 nitrogen and oxygen atoms in total. The van der Waals surface area contributed by atoms with Crippen LogP contribution in [0.25, 0.3) is 11.1 Å². The summed E-state index contributed by atoms with van der Waals surface area (Å²) >= 11 is 0. The van der Waals surface area contributed by atoms with E-state index in [0.717, 1.165) is 42.9 Å². The van der Waals surface area contributed by atoms with Gasteiger partial charge in [-0.2, -0.15) is 0 Å². The number of aryl methyl sites for hydroxylation is 1. The number of hydrogen-bond acceptors (Lipinski definition) is 4. The molecule has 0 aliphatic carbocycles. The predicted octanol–water partition coefficient (Wildman–Crippen LogP) is 6.63. The van der Waals surface area contributed by atoms with Gasteiger partial charge in [-0.25, -0.2) is 0 Å². The Balaban J connectivity index is 1.32. The molecule has 0 saturated carbocycles. The van der Waals surface area contributed by atoms with Gasteiger partial charge < -0.3 is 10.4 Å². The maximum Gasteiger partial charge on any atom is 0.0839 e. The highest BCUT2D eigenvalue weighted by molar-refractivity contribution is 5.72. The Bertz CT molecular complexity index is 1140. The molecule has 2 N–H and O–H groups in total. The molecule has 4 heteroatoms. The smallest absolute Gasteiger partial charge is 0.0839 e. The fourth-order valence-electron chi connectivity index (χ4n) is 4.59. The van der Waals surface area contributed by atoms with Crippen LogP contribution in [0.3, 0.4) is 0 Å². The molecule has 0 spiro atoms. The van der Waals surface area contributed by atoms with Gasteiger partial charge in [-0.05, 0) is 77.8 Å². The first-order valence-corrected chi connectivity index (χ1v) is 13.0. The van der Waals surface area contributed by atoms with Crippen molar-refractivity contribution >= 4 is 17.6 Å². The molecule has 35 heavy (non-hydrogen) atoms. The SMILES string of the molecule is CCC(C)CC=Nc1ccc(-c2cccc(NCC(O)CN3CCc4ccccc4C3)c2)cc1C. The Morgan fingerprint density at radius 1 is 1.03 bits per heavy atom. The first kappa shape index (κ1) is 25.2. The van der Waals surface area contributed by atoms with Crippen molar-refractivity contribution in [2.45, 2.75) is 52.7 Å². The maximum atomic E-state index is 10.7. The molecule has 1 heterocycles. The number of β-amino-alcohol motifs (C(OH)–C–C–N with tert-alkyl or cyclic N) is 1. The lowest BCUT2D eigenvalue weighted by atomic mass is 10.00. The van der Waals surface area contributed by atoms with E-state index in [2.05, 4.69) is 109 Å². The topological polar surface area (TPSA) is 47.9 Å². The number of fused-ring (bicyclic) bond motifs is 1. The Kier molecular flexibility index (Phi) is 8.73. The summed E-state index contributed by atoms with van der Waals surface area (Å²) in [5, 5.41) is 14.1. The van der Waals surface area contributed by atoms with Crippen molar-refractivity contribution < 1.29 is 5.11 Å². The van der Waals surface area contributed by atoms with Gasteiger partial charge in [-0.1, -0.05) is 62.7 Å². The summed E-state index contributed by atoms with van der Waals surface area (Å²) in [7, 11) is 0. The van der Waals surface area contributed by atoms with E-state index in [4.69, 9.17) is 0 Å². The van der Waals surface area contributed by atoms with Crippen LogP contribution in [0.1, 0.15) is 43.4 Å². The maximum absolute atomic E-state index is 10.7. The fourth-order valence-corrected chi connectivity index (χ4v) is 4.59. The quantitative estimate of drug-likeness (QED) is 0.328. The van der Waals surface area contributed by atoms with E-state index in [1.54, 1.807) is 0 Å². The minimum atomic E-state index is -0.418. The summed E-state index contributed by atoms with van der Waals surface area (Å²) < 4.78 is 0. The number of anilines is 1. The van der Waals surface area contributed by atoms with Crippen LogP contribution in [0, 0.1) is 12.8 Å². The van der Waals surface area contributed by atoms with Crippen molar-refractivity contribution in [3.63, 3.8) is 0 Å². The average molecular weight is 470 g/mol. The Morgan fingerprint density at radius 2 is 1.83 bits per heavy atom. The molecule has 0 fully saturated rings. The molecule has 0 radical (unpaired) electrons. The summed E-state index contributed by atoms with van der Waals surface area (Å²) in [5.74, 6) is 0.670. The molecule has 0 aromatic heterocycles. The fraction of sp³-hybridized carbons (Fsp3) is 0.387. The van der Waals surface area contributed by atoms with E-state index in [-0.39, 0.29) is 0 Å². The summed E-state index contributed by atoms with van der Waals surface area (Å²) in [6, 6.07) is 23.5. The van der Waals surface area contributed by atoms with Crippen LogP contribution in [0.2, 0.25) is 0 Å². The summed E-state index contributed by atoms with van der Waals surface area (Å²) in [4.78, 5) is 7.03. The Hall–Kier alpha value is -2.95. The van der Waals surface area contributed by atoms with Crippen LogP contribution in [-0.2, 0) is 13.0 Å². The Morgan fingerprint density at radius 3 is 2.63 bits per heavy atom. The van der Waals surface area contributed by atoms with Gasteiger partial charge in [0.15, 0.2) is 0 Å². The predicted molar refractivity (Wildman–Crippen MR) is 149 cm³/mol. The first-order valence-electron chi connectivity index (χ1n) is 13.0. The van der Waals surface area contributed by atoms with Crippen molar-refractivity contribution in [2.24, 2.45) is 10.9 Å². The minimum absolute atomic E-state index is 0.418. The number of rotatable bonds is 10. The first-order chi connectivity index (χ1) is 17.0. The third kappa shape index (κ3) is 7.03. The Labute approximate surface area is 210 Å². The van der Waals surface area contributed by atoms with Gasteiger partial charge in [0, 0.05) is 38.1 Å². The second-order valence-corrected chi connectivity index (χ2v) is 9.93. The monoisotopic (exact) mass is 469 g/mol. The minimum Gasteiger partial charge on any atom is -0.390 e. The zero-order chi connectivity index (χ0) is 24.6. The molecule has 3 aromatic rings. The average Bonchev–Trinajstić information content (AvgIpc) is 2.88. The van der Waals surface area contributed by atoms with Gasteiger partial charge in [-0.3, -0.25) is 9.89 Å². The number of nitrogens with one attached hydrogen (secondary N) is 1. The summed E-state index contributed by atoms with van der Waals surface area (Å²) in [5.41, 5.74) is 8.41. The van der Waals surface area contributed by atoms with Gasteiger partial charge in [0.25, 0.3) is 0 Å². The number of aliphatic imine (C=N–C) groups is 1. The second-order valence-electron chi connectivity index (χ2n) is 9.93. The molecule has 1 aliphatic heterocycles. The van der Waals surface area contributed by atoms with Crippen molar-refractivity contribution in [3.8, 4) is 11.1 Å². The number of nitrogens with zero attached hydrogens (tertiary/aromatic N) is 2. The van der Waals surface area contributed by atoms with Gasteiger partial charge in [0.1, 0.15) is 0 Å². The standard InChI is InChI=1S/C31H39N3O/c1-4-23(2)14-16-32-31-13-12-27(18-24(31)3)26-10-7-11-29(19-26)33-20-30(35)22-34-17-15-25-8-5-6-9-28(25)21-34/h5-13,16,18-19,23,30,33,35H,4,14-15,17,20-22H2,1-3H3. The molecule has 2 atom stereocenters. The molecule has 0 saturated heterocycles. The van der Waals surface area contributed by atoms with E-state index in [9.17, 15) is 5.11 Å². The van der Waals surface area contributed by atoms with Crippen molar-refractivity contribution in [1.82, 2.24) is 4.90 Å². The molecule has 4 rings (SSSR count). The van der Waals surface area contributed by atoms with Gasteiger partial charge in [0.2, 0.25) is 0 Å². The van der Waals surface area contributed by atoms with E-state index in [1.165, 1.54) is 28.7 Å².